The molecule has 1 aliphatic heterocycles. The molecule has 1 aliphatic rings. The molecule has 1 saturated heterocycles. The minimum absolute atomic E-state index is 0.106. The van der Waals surface area contributed by atoms with Gasteiger partial charge in [-0.25, -0.2) is 0 Å². The van der Waals surface area contributed by atoms with Gasteiger partial charge in [0.1, 0.15) is 17.5 Å². The minimum Gasteiger partial charge on any atom is -0.497 e. The van der Waals surface area contributed by atoms with Gasteiger partial charge in [-0.05, 0) is 62.5 Å². The molecule has 4 rings (SSSR count). The molecule has 1 aromatic carbocycles. The van der Waals surface area contributed by atoms with Gasteiger partial charge in [0.25, 0.3) is 0 Å². The summed E-state index contributed by atoms with van der Waals surface area (Å²) in [6.45, 7) is 4.35. The zero-order valence-electron chi connectivity index (χ0n) is 17.6. The minimum atomic E-state index is -0.109. The van der Waals surface area contributed by atoms with Crippen LogP contribution in [0.4, 0.5) is 5.69 Å². The Morgan fingerprint density at radius 2 is 1.90 bits per heavy atom. The summed E-state index contributed by atoms with van der Waals surface area (Å²) >= 11 is 5.83. The molecule has 6 nitrogen and oxygen atoms in total. The van der Waals surface area contributed by atoms with Gasteiger partial charge in [-0.15, -0.1) is 0 Å². The van der Waals surface area contributed by atoms with Gasteiger partial charge < -0.3 is 24.3 Å². The van der Waals surface area contributed by atoms with Crippen molar-refractivity contribution in [1.82, 2.24) is 14.9 Å². The standard InChI is InChI=1S/C23H26N4O2S/c1-15(2)26-13-7-9-18(26)22-21(17-8-5-6-12-24-17)25-23(30)27(22)19-14-16(28-3)10-11-20(19)29-4/h5-15,21-22H,1-4H3,(H,25,30)/t21-,22-/m0/s1. The van der Waals surface area contributed by atoms with E-state index in [9.17, 15) is 0 Å². The van der Waals surface area contributed by atoms with E-state index in [2.05, 4.69) is 51.9 Å². The zero-order valence-corrected chi connectivity index (χ0v) is 18.4. The van der Waals surface area contributed by atoms with Gasteiger partial charge in [0, 0.05) is 30.2 Å². The number of methoxy groups -OCH3 is 2. The van der Waals surface area contributed by atoms with Crippen LogP contribution < -0.4 is 19.7 Å². The third-order valence-electron chi connectivity index (χ3n) is 5.41. The predicted molar refractivity (Wildman–Crippen MR) is 122 cm³/mol. The third kappa shape index (κ3) is 3.50. The smallest absolute Gasteiger partial charge is 0.174 e. The Morgan fingerprint density at radius 3 is 2.57 bits per heavy atom. The fraction of sp³-hybridized carbons (Fsp3) is 0.304. The third-order valence-corrected chi connectivity index (χ3v) is 5.73. The van der Waals surface area contributed by atoms with E-state index in [0.29, 0.717) is 11.2 Å². The number of nitrogens with one attached hydrogen (secondary N) is 1. The summed E-state index contributed by atoms with van der Waals surface area (Å²) < 4.78 is 13.4. The molecule has 30 heavy (non-hydrogen) atoms. The number of nitrogens with zero attached hydrogens (tertiary/aromatic N) is 3. The second-order valence-corrected chi connectivity index (χ2v) is 7.86. The van der Waals surface area contributed by atoms with Crippen LogP contribution in [0.5, 0.6) is 11.5 Å². The summed E-state index contributed by atoms with van der Waals surface area (Å²) in [5, 5.41) is 4.12. The average Bonchev–Trinajstić information content (AvgIpc) is 3.38. The van der Waals surface area contributed by atoms with E-state index >= 15 is 0 Å². The molecule has 156 valence electrons. The highest BCUT2D eigenvalue weighted by Crippen LogP contribution is 2.45. The molecule has 0 unspecified atom stereocenters. The van der Waals surface area contributed by atoms with Crippen LogP contribution >= 0.6 is 12.2 Å². The van der Waals surface area contributed by atoms with Gasteiger partial charge in [0.2, 0.25) is 0 Å². The molecule has 0 bridgehead atoms. The van der Waals surface area contributed by atoms with Gasteiger partial charge in [0.05, 0.1) is 31.6 Å². The second-order valence-electron chi connectivity index (χ2n) is 7.47. The van der Waals surface area contributed by atoms with Gasteiger partial charge in [-0.1, -0.05) is 6.07 Å². The van der Waals surface area contributed by atoms with Crippen molar-refractivity contribution in [3.8, 4) is 11.5 Å². The maximum absolute atomic E-state index is 5.83. The van der Waals surface area contributed by atoms with E-state index < -0.39 is 0 Å². The van der Waals surface area contributed by atoms with Gasteiger partial charge >= 0.3 is 0 Å². The fourth-order valence-electron chi connectivity index (χ4n) is 4.03. The van der Waals surface area contributed by atoms with Crippen LogP contribution in [0.2, 0.25) is 0 Å². The lowest BCUT2D eigenvalue weighted by molar-refractivity contribution is 0.402. The first-order valence-corrected chi connectivity index (χ1v) is 10.4. The van der Waals surface area contributed by atoms with Crippen molar-refractivity contribution in [3.05, 3.63) is 72.3 Å². The summed E-state index contributed by atoms with van der Waals surface area (Å²) in [5.41, 5.74) is 2.94. The van der Waals surface area contributed by atoms with Crippen molar-refractivity contribution in [2.75, 3.05) is 19.1 Å². The number of pyridine rings is 1. The first kappa shape index (κ1) is 20.2. The summed E-state index contributed by atoms with van der Waals surface area (Å²) in [4.78, 5) is 6.74. The van der Waals surface area contributed by atoms with Crippen LogP contribution in [0.25, 0.3) is 0 Å². The van der Waals surface area contributed by atoms with Crippen molar-refractivity contribution < 1.29 is 9.47 Å². The molecule has 1 fully saturated rings. The highest BCUT2D eigenvalue weighted by molar-refractivity contribution is 7.80. The predicted octanol–water partition coefficient (Wildman–Crippen LogP) is 4.66. The molecule has 1 N–H and O–H groups in total. The van der Waals surface area contributed by atoms with Gasteiger partial charge in [-0.3, -0.25) is 4.98 Å². The Balaban J connectivity index is 1.91. The van der Waals surface area contributed by atoms with Crippen molar-refractivity contribution in [3.63, 3.8) is 0 Å². The number of rotatable bonds is 6. The van der Waals surface area contributed by atoms with Gasteiger partial charge in [-0.2, -0.15) is 0 Å². The first-order valence-electron chi connectivity index (χ1n) is 9.94. The Bertz CT molecular complexity index is 1030. The molecule has 2 aromatic heterocycles. The second kappa shape index (κ2) is 8.36. The molecule has 3 heterocycles. The highest BCUT2D eigenvalue weighted by Gasteiger charge is 2.43. The Hall–Kier alpha value is -3.06. The van der Waals surface area contributed by atoms with Crippen molar-refractivity contribution in [1.29, 1.82) is 0 Å². The van der Waals surface area contributed by atoms with E-state index in [1.54, 1.807) is 14.2 Å². The number of hydrogen-bond acceptors (Lipinski definition) is 4. The normalized spacial score (nSPS) is 18.6. The highest BCUT2D eigenvalue weighted by atomic mass is 32.1. The summed E-state index contributed by atoms with van der Waals surface area (Å²) in [6.07, 6.45) is 3.92. The van der Waals surface area contributed by atoms with Crippen LogP contribution in [-0.4, -0.2) is 28.9 Å². The number of ether oxygens (including phenoxy) is 2. The lowest BCUT2D eigenvalue weighted by Crippen LogP contribution is -2.31. The number of hydrogen-bond donors (Lipinski definition) is 1. The van der Waals surface area contributed by atoms with Crippen LogP contribution in [0.1, 0.15) is 43.4 Å². The van der Waals surface area contributed by atoms with Gasteiger partial charge in [0.15, 0.2) is 5.11 Å². The Kier molecular flexibility index (Phi) is 5.63. The molecule has 0 radical (unpaired) electrons. The maximum Gasteiger partial charge on any atom is 0.174 e. The lowest BCUT2D eigenvalue weighted by atomic mass is 10.0. The fourth-order valence-corrected chi connectivity index (χ4v) is 4.37. The molecule has 0 aliphatic carbocycles. The van der Waals surface area contributed by atoms with E-state index in [1.165, 1.54) is 0 Å². The first-order chi connectivity index (χ1) is 14.5. The van der Waals surface area contributed by atoms with Crippen LogP contribution in [0.15, 0.2) is 60.9 Å². The van der Waals surface area contributed by atoms with E-state index in [1.807, 2.05) is 42.6 Å². The van der Waals surface area contributed by atoms with Crippen molar-refractivity contribution >= 4 is 23.0 Å². The van der Waals surface area contributed by atoms with Crippen LogP contribution in [0.3, 0.4) is 0 Å². The molecule has 7 heteroatoms. The molecule has 0 saturated carbocycles. The largest absolute Gasteiger partial charge is 0.497 e. The lowest BCUT2D eigenvalue weighted by Gasteiger charge is -2.30. The summed E-state index contributed by atoms with van der Waals surface area (Å²) in [7, 11) is 3.32. The topological polar surface area (TPSA) is 51.6 Å². The number of thiocarbonyl (C=S) groups is 1. The summed E-state index contributed by atoms with van der Waals surface area (Å²) in [5.74, 6) is 1.47. The number of aromatic nitrogens is 2. The monoisotopic (exact) mass is 422 g/mol. The maximum atomic E-state index is 5.83. The Morgan fingerprint density at radius 1 is 1.07 bits per heavy atom. The molecule has 3 aromatic rings. The Labute approximate surface area is 182 Å². The van der Waals surface area contributed by atoms with Crippen LogP contribution in [-0.2, 0) is 0 Å². The van der Waals surface area contributed by atoms with E-state index in [4.69, 9.17) is 21.7 Å². The van der Waals surface area contributed by atoms with E-state index in [-0.39, 0.29) is 12.1 Å². The quantitative estimate of drug-likeness (QED) is 0.583. The summed E-state index contributed by atoms with van der Waals surface area (Å²) in [6, 6.07) is 16.0. The molecule has 2 atom stereocenters. The number of anilines is 1. The van der Waals surface area contributed by atoms with E-state index in [0.717, 1.165) is 28.6 Å². The molecule has 0 spiro atoms. The van der Waals surface area contributed by atoms with Crippen LogP contribution in [0, 0.1) is 0 Å². The zero-order chi connectivity index (χ0) is 21.3. The van der Waals surface area contributed by atoms with Crippen molar-refractivity contribution in [2.24, 2.45) is 0 Å². The average molecular weight is 423 g/mol. The SMILES string of the molecule is COc1ccc(OC)c(N2C(=S)N[C@@H](c3ccccn3)[C@@H]2c2cccn2C(C)C)c1. The van der Waals surface area contributed by atoms with Crippen molar-refractivity contribution in [2.45, 2.75) is 32.0 Å². The molecular formula is C23H26N4O2S. The molecule has 0 amide bonds. The molecular weight excluding hydrogens is 396 g/mol. The number of benzene rings is 1.